The average molecular weight is 323 g/mol. The fourth-order valence-corrected chi connectivity index (χ4v) is 3.08. The van der Waals surface area contributed by atoms with Crippen molar-refractivity contribution < 1.29 is 4.74 Å². The molecular formula is C22H42O. The van der Waals surface area contributed by atoms with Crippen LogP contribution in [0.5, 0.6) is 0 Å². The molecule has 0 aliphatic rings. The third kappa shape index (κ3) is 17.5. The highest BCUT2D eigenvalue weighted by Crippen LogP contribution is 2.14. The second-order valence-electron chi connectivity index (χ2n) is 6.82. The molecule has 1 nitrogen and oxygen atoms in total. The molecule has 1 heteroatoms. The molecule has 0 saturated carbocycles. The summed E-state index contributed by atoms with van der Waals surface area (Å²) in [5, 5.41) is 0. The molecule has 0 aromatic rings. The second-order valence-corrected chi connectivity index (χ2v) is 6.82. The molecule has 0 rings (SSSR count). The maximum Gasteiger partial charge on any atom is 0.116 e. The highest BCUT2D eigenvalue weighted by Gasteiger charge is 2.01. The van der Waals surface area contributed by atoms with Crippen molar-refractivity contribution in [3.8, 4) is 0 Å². The maximum absolute atomic E-state index is 5.36. The number of hydrogen-bond acceptors (Lipinski definition) is 1. The van der Waals surface area contributed by atoms with Gasteiger partial charge in [-0.25, -0.2) is 0 Å². The summed E-state index contributed by atoms with van der Waals surface area (Å²) in [5.74, 6) is 0. The molecule has 0 fully saturated rings. The van der Waals surface area contributed by atoms with Crippen molar-refractivity contribution in [3.05, 3.63) is 25.5 Å². The number of rotatable bonds is 19. The second kappa shape index (κ2) is 19.3. The summed E-state index contributed by atoms with van der Waals surface area (Å²) in [7, 11) is 0. The Bertz CT molecular complexity index is 246. The van der Waals surface area contributed by atoms with E-state index < -0.39 is 0 Å². The highest BCUT2D eigenvalue weighted by molar-refractivity contribution is 4.81. The molecule has 0 aromatic carbocycles. The molecule has 1 unspecified atom stereocenters. The molecule has 23 heavy (non-hydrogen) atoms. The summed E-state index contributed by atoms with van der Waals surface area (Å²) in [5.41, 5.74) is 0. The number of unbranched alkanes of at least 4 members (excludes halogenated alkanes) is 14. The Morgan fingerprint density at radius 3 is 1.39 bits per heavy atom. The Hall–Kier alpha value is -0.720. The van der Waals surface area contributed by atoms with Crippen molar-refractivity contribution in [3.63, 3.8) is 0 Å². The third-order valence-corrected chi connectivity index (χ3v) is 4.63. The largest absolute Gasteiger partial charge is 0.495 e. The van der Waals surface area contributed by atoms with Crippen molar-refractivity contribution in [1.82, 2.24) is 0 Å². The van der Waals surface area contributed by atoms with Crippen LogP contribution in [0.15, 0.2) is 25.5 Å². The summed E-state index contributed by atoms with van der Waals surface area (Å²) in [6.07, 6.45) is 25.8. The third-order valence-electron chi connectivity index (χ3n) is 4.63. The van der Waals surface area contributed by atoms with Crippen molar-refractivity contribution in [2.45, 2.75) is 116 Å². The van der Waals surface area contributed by atoms with E-state index in [0.717, 1.165) is 6.42 Å². The van der Waals surface area contributed by atoms with Crippen LogP contribution in [0.2, 0.25) is 0 Å². The first-order valence-electron chi connectivity index (χ1n) is 10.2. The first-order chi connectivity index (χ1) is 11.3. The van der Waals surface area contributed by atoms with E-state index in [1.54, 1.807) is 0 Å². The van der Waals surface area contributed by atoms with Gasteiger partial charge in [0.05, 0.1) is 6.26 Å². The monoisotopic (exact) mass is 322 g/mol. The molecule has 0 aliphatic carbocycles. The van der Waals surface area contributed by atoms with Crippen LogP contribution in [0.4, 0.5) is 0 Å². The smallest absolute Gasteiger partial charge is 0.116 e. The van der Waals surface area contributed by atoms with E-state index in [-0.39, 0.29) is 6.10 Å². The zero-order chi connectivity index (χ0) is 17.0. The lowest BCUT2D eigenvalue weighted by molar-refractivity contribution is 0.175. The topological polar surface area (TPSA) is 9.23 Å². The predicted molar refractivity (Wildman–Crippen MR) is 105 cm³/mol. The van der Waals surface area contributed by atoms with Crippen LogP contribution in [0, 0.1) is 0 Å². The van der Waals surface area contributed by atoms with Crippen LogP contribution in [0.25, 0.3) is 0 Å². The molecule has 136 valence electrons. The molecule has 0 radical (unpaired) electrons. The van der Waals surface area contributed by atoms with Gasteiger partial charge in [-0.15, -0.1) is 0 Å². The van der Waals surface area contributed by atoms with Gasteiger partial charge >= 0.3 is 0 Å². The summed E-state index contributed by atoms with van der Waals surface area (Å²) in [6, 6.07) is 0. The summed E-state index contributed by atoms with van der Waals surface area (Å²) in [4.78, 5) is 0. The molecule has 0 heterocycles. The van der Waals surface area contributed by atoms with Crippen molar-refractivity contribution >= 4 is 0 Å². The number of ether oxygens (including phenoxy) is 1. The Morgan fingerprint density at radius 2 is 1.04 bits per heavy atom. The van der Waals surface area contributed by atoms with Gasteiger partial charge in [0.25, 0.3) is 0 Å². The molecule has 0 spiro atoms. The van der Waals surface area contributed by atoms with E-state index >= 15 is 0 Å². The Labute approximate surface area is 146 Å². The minimum Gasteiger partial charge on any atom is -0.495 e. The lowest BCUT2D eigenvalue weighted by Crippen LogP contribution is -2.04. The molecule has 0 aliphatic heterocycles. The summed E-state index contributed by atoms with van der Waals surface area (Å²) >= 11 is 0. The van der Waals surface area contributed by atoms with E-state index in [9.17, 15) is 0 Å². The normalized spacial score (nSPS) is 12.0. The summed E-state index contributed by atoms with van der Waals surface area (Å²) < 4.78 is 5.36. The molecular weight excluding hydrogens is 280 g/mol. The van der Waals surface area contributed by atoms with Gasteiger partial charge in [-0.3, -0.25) is 0 Å². The van der Waals surface area contributed by atoms with Gasteiger partial charge in [0.2, 0.25) is 0 Å². The fourth-order valence-electron chi connectivity index (χ4n) is 3.08. The van der Waals surface area contributed by atoms with Gasteiger partial charge in [0, 0.05) is 0 Å². The first-order valence-corrected chi connectivity index (χ1v) is 10.2. The van der Waals surface area contributed by atoms with Gasteiger partial charge in [-0.2, -0.15) is 0 Å². The standard InChI is InChI=1S/C22H42O/c1-4-7-8-9-10-11-12-13-14-15-16-17-18-19-20-21-22(5-2)23-6-3/h5-6,22H,2-4,7-21H2,1H3. The van der Waals surface area contributed by atoms with Crippen LogP contribution >= 0.6 is 0 Å². The molecule has 0 N–H and O–H groups in total. The minimum absolute atomic E-state index is 0.162. The van der Waals surface area contributed by atoms with Crippen LogP contribution < -0.4 is 0 Å². The van der Waals surface area contributed by atoms with Gasteiger partial charge < -0.3 is 4.74 Å². The van der Waals surface area contributed by atoms with Crippen molar-refractivity contribution in [1.29, 1.82) is 0 Å². The van der Waals surface area contributed by atoms with Crippen molar-refractivity contribution in [2.75, 3.05) is 0 Å². The van der Waals surface area contributed by atoms with Crippen LogP contribution in [-0.4, -0.2) is 6.10 Å². The Balaban J connectivity index is 3.10. The van der Waals surface area contributed by atoms with Gasteiger partial charge in [0.1, 0.15) is 6.10 Å². The predicted octanol–water partition coefficient (Wildman–Crippen LogP) is 7.96. The minimum atomic E-state index is 0.162. The SMILES string of the molecule is C=COC(C=C)CCCCCCCCCCCCCCCCC. The number of hydrogen-bond donors (Lipinski definition) is 0. The van der Waals surface area contributed by atoms with E-state index in [0.29, 0.717) is 0 Å². The molecule has 0 aromatic heterocycles. The van der Waals surface area contributed by atoms with Gasteiger partial charge in [0.15, 0.2) is 0 Å². The van der Waals surface area contributed by atoms with Gasteiger partial charge in [-0.05, 0) is 12.8 Å². The molecule has 0 bridgehead atoms. The molecule has 0 amide bonds. The lowest BCUT2D eigenvalue weighted by Gasteiger charge is -2.11. The Kier molecular flexibility index (Phi) is 18.7. The molecule has 1 atom stereocenters. The highest BCUT2D eigenvalue weighted by atomic mass is 16.5. The van der Waals surface area contributed by atoms with E-state index in [4.69, 9.17) is 4.74 Å². The Morgan fingerprint density at radius 1 is 0.652 bits per heavy atom. The van der Waals surface area contributed by atoms with Crippen LogP contribution in [-0.2, 0) is 4.74 Å². The summed E-state index contributed by atoms with van der Waals surface area (Å²) in [6.45, 7) is 9.68. The molecule has 0 saturated heterocycles. The quantitative estimate of drug-likeness (QED) is 0.133. The van der Waals surface area contributed by atoms with Gasteiger partial charge in [-0.1, -0.05) is 116 Å². The first kappa shape index (κ1) is 22.3. The maximum atomic E-state index is 5.36. The van der Waals surface area contributed by atoms with E-state index in [2.05, 4.69) is 20.1 Å². The zero-order valence-corrected chi connectivity index (χ0v) is 15.9. The van der Waals surface area contributed by atoms with Crippen LogP contribution in [0.1, 0.15) is 110 Å². The average Bonchev–Trinajstić information content (AvgIpc) is 2.57. The zero-order valence-electron chi connectivity index (χ0n) is 15.9. The lowest BCUT2D eigenvalue weighted by atomic mass is 10.0. The van der Waals surface area contributed by atoms with Crippen LogP contribution in [0.3, 0.4) is 0 Å². The fraction of sp³-hybridized carbons (Fsp3) is 0.818. The van der Waals surface area contributed by atoms with Crippen molar-refractivity contribution in [2.24, 2.45) is 0 Å². The van der Waals surface area contributed by atoms with E-state index in [1.807, 2.05) is 6.08 Å². The van der Waals surface area contributed by atoms with E-state index in [1.165, 1.54) is 103 Å².